The first-order valence-electron chi connectivity index (χ1n) is 6.75. The zero-order valence-electron chi connectivity index (χ0n) is 12.3. The summed E-state index contributed by atoms with van der Waals surface area (Å²) in [5, 5.41) is 0.132. The Labute approximate surface area is 128 Å². The Morgan fingerprint density at radius 2 is 2.05 bits per heavy atom. The molecule has 0 N–H and O–H groups in total. The molecule has 0 aliphatic carbocycles. The molecule has 0 fully saturated rings. The molecule has 0 bridgehead atoms. The molecule has 2 aromatic rings. The van der Waals surface area contributed by atoms with Crippen molar-refractivity contribution in [3.63, 3.8) is 0 Å². The predicted octanol–water partition coefficient (Wildman–Crippen LogP) is 2.17. The number of aromatic nitrogens is 2. The van der Waals surface area contributed by atoms with Crippen LogP contribution in [0.3, 0.4) is 0 Å². The lowest BCUT2D eigenvalue weighted by atomic mass is 10.2. The monoisotopic (exact) mass is 307 g/mol. The Balaban J connectivity index is 2.50. The number of nitrogens with zero attached hydrogens (tertiary/aromatic N) is 3. The van der Waals surface area contributed by atoms with E-state index in [1.54, 1.807) is 39.2 Å². The lowest BCUT2D eigenvalue weighted by molar-refractivity contribution is -0.128. The smallest absolute Gasteiger partial charge is 0.261 e. The van der Waals surface area contributed by atoms with Gasteiger partial charge in [-0.15, -0.1) is 11.6 Å². The SMILES string of the molecule is CC(Cl)c1nc2ccccc2c(=O)n1CCC(=O)N(C)C. The van der Waals surface area contributed by atoms with Gasteiger partial charge in [-0.05, 0) is 19.1 Å². The number of hydrogen-bond donors (Lipinski definition) is 0. The highest BCUT2D eigenvalue weighted by Gasteiger charge is 2.16. The molecule has 6 heteroatoms. The first-order chi connectivity index (χ1) is 9.91. The molecule has 0 aliphatic heterocycles. The average Bonchev–Trinajstić information content (AvgIpc) is 2.45. The Bertz CT molecular complexity index is 722. The number of carbonyl (C=O) groups excluding carboxylic acids is 1. The fraction of sp³-hybridized carbons (Fsp3) is 0.400. The fourth-order valence-electron chi connectivity index (χ4n) is 2.14. The summed E-state index contributed by atoms with van der Waals surface area (Å²) in [5.74, 6) is 0.454. The van der Waals surface area contributed by atoms with Crippen LogP contribution in [0.1, 0.15) is 24.5 Å². The second-order valence-electron chi connectivity index (χ2n) is 5.10. The number of amides is 1. The van der Waals surface area contributed by atoms with E-state index in [9.17, 15) is 9.59 Å². The third-order valence-corrected chi connectivity index (χ3v) is 3.49. The molecule has 112 valence electrons. The lowest BCUT2D eigenvalue weighted by Crippen LogP contribution is -2.29. The van der Waals surface area contributed by atoms with Gasteiger partial charge in [0.05, 0.1) is 16.3 Å². The molecule has 21 heavy (non-hydrogen) atoms. The minimum Gasteiger partial charge on any atom is -0.349 e. The zero-order valence-corrected chi connectivity index (χ0v) is 13.1. The van der Waals surface area contributed by atoms with Crippen LogP contribution < -0.4 is 5.56 Å². The second kappa shape index (κ2) is 6.26. The van der Waals surface area contributed by atoms with Crippen LogP contribution in [0.4, 0.5) is 0 Å². The molecule has 5 nitrogen and oxygen atoms in total. The average molecular weight is 308 g/mol. The van der Waals surface area contributed by atoms with Crippen molar-refractivity contribution < 1.29 is 4.79 Å². The third-order valence-electron chi connectivity index (χ3n) is 3.30. The highest BCUT2D eigenvalue weighted by molar-refractivity contribution is 6.20. The molecule has 0 saturated heterocycles. The summed E-state index contributed by atoms with van der Waals surface area (Å²) >= 11 is 6.14. The van der Waals surface area contributed by atoms with E-state index in [0.717, 1.165) is 0 Å². The first kappa shape index (κ1) is 15.5. The van der Waals surface area contributed by atoms with Gasteiger partial charge in [-0.25, -0.2) is 4.98 Å². The first-order valence-corrected chi connectivity index (χ1v) is 7.19. The van der Waals surface area contributed by atoms with Crippen molar-refractivity contribution in [3.8, 4) is 0 Å². The molecule has 0 spiro atoms. The van der Waals surface area contributed by atoms with Crippen LogP contribution in [0.2, 0.25) is 0 Å². The summed E-state index contributed by atoms with van der Waals surface area (Å²) in [4.78, 5) is 30.3. The molecule has 0 radical (unpaired) electrons. The molecule has 1 amide bonds. The van der Waals surface area contributed by atoms with Crippen LogP contribution in [0.5, 0.6) is 0 Å². The van der Waals surface area contributed by atoms with Crippen LogP contribution in [-0.2, 0) is 11.3 Å². The number of benzene rings is 1. The largest absolute Gasteiger partial charge is 0.349 e. The van der Waals surface area contributed by atoms with Gasteiger partial charge in [0.2, 0.25) is 5.91 Å². The van der Waals surface area contributed by atoms with Gasteiger partial charge in [0.1, 0.15) is 5.82 Å². The van der Waals surface area contributed by atoms with Gasteiger partial charge in [-0.2, -0.15) is 0 Å². The van der Waals surface area contributed by atoms with Gasteiger partial charge in [0, 0.05) is 27.1 Å². The highest BCUT2D eigenvalue weighted by atomic mass is 35.5. The van der Waals surface area contributed by atoms with Gasteiger partial charge in [0.15, 0.2) is 0 Å². The van der Waals surface area contributed by atoms with Crippen LogP contribution in [0, 0.1) is 0 Å². The van der Waals surface area contributed by atoms with Gasteiger partial charge in [0.25, 0.3) is 5.56 Å². The quantitative estimate of drug-likeness (QED) is 0.814. The van der Waals surface area contributed by atoms with Gasteiger partial charge >= 0.3 is 0 Å². The molecular weight excluding hydrogens is 290 g/mol. The molecule has 0 saturated carbocycles. The molecule has 1 aromatic carbocycles. The number of hydrogen-bond acceptors (Lipinski definition) is 3. The van der Waals surface area contributed by atoms with Crippen LogP contribution in [-0.4, -0.2) is 34.5 Å². The van der Waals surface area contributed by atoms with Crippen molar-refractivity contribution >= 4 is 28.4 Å². The van der Waals surface area contributed by atoms with E-state index in [-0.39, 0.29) is 24.4 Å². The van der Waals surface area contributed by atoms with Crippen LogP contribution >= 0.6 is 11.6 Å². The normalized spacial score (nSPS) is 12.4. The van der Waals surface area contributed by atoms with E-state index in [1.165, 1.54) is 9.47 Å². The maximum Gasteiger partial charge on any atom is 0.261 e. The minimum atomic E-state index is -0.406. The van der Waals surface area contributed by atoms with Crippen molar-refractivity contribution in [2.75, 3.05) is 14.1 Å². The topological polar surface area (TPSA) is 55.2 Å². The summed E-state index contributed by atoms with van der Waals surface area (Å²) in [6.07, 6.45) is 0.240. The van der Waals surface area contributed by atoms with Gasteiger partial charge in [-0.1, -0.05) is 12.1 Å². The van der Waals surface area contributed by atoms with Crippen molar-refractivity contribution in [2.45, 2.75) is 25.3 Å². The molecule has 0 aliphatic rings. The Kier molecular flexibility index (Phi) is 4.63. The number of fused-ring (bicyclic) bond motifs is 1. The maximum atomic E-state index is 12.6. The summed E-state index contributed by atoms with van der Waals surface area (Å²) in [6.45, 7) is 2.04. The summed E-state index contributed by atoms with van der Waals surface area (Å²) in [6, 6.07) is 7.15. The molecule has 1 heterocycles. The van der Waals surface area contributed by atoms with Gasteiger partial charge in [-0.3, -0.25) is 14.2 Å². The van der Waals surface area contributed by atoms with E-state index < -0.39 is 5.38 Å². The van der Waals surface area contributed by atoms with Crippen molar-refractivity contribution in [2.24, 2.45) is 0 Å². The van der Waals surface area contributed by atoms with Gasteiger partial charge < -0.3 is 4.90 Å². The summed E-state index contributed by atoms with van der Waals surface area (Å²) in [5.41, 5.74) is 0.467. The number of para-hydroxylation sites is 1. The standard InChI is InChI=1S/C15H18ClN3O2/c1-10(16)14-17-12-7-5-4-6-11(12)15(21)19(14)9-8-13(20)18(2)3/h4-7,10H,8-9H2,1-3H3. The fourth-order valence-corrected chi connectivity index (χ4v) is 2.30. The maximum absolute atomic E-state index is 12.6. The van der Waals surface area contributed by atoms with Crippen molar-refractivity contribution in [1.29, 1.82) is 0 Å². The zero-order chi connectivity index (χ0) is 15.6. The number of alkyl halides is 1. The molecule has 2 rings (SSSR count). The van der Waals surface area contributed by atoms with Crippen molar-refractivity contribution in [3.05, 3.63) is 40.4 Å². The van der Waals surface area contributed by atoms with E-state index in [2.05, 4.69) is 4.98 Å². The Morgan fingerprint density at radius 1 is 1.38 bits per heavy atom. The summed E-state index contributed by atoms with van der Waals surface area (Å²) in [7, 11) is 3.38. The minimum absolute atomic E-state index is 0.0387. The van der Waals surface area contributed by atoms with Crippen LogP contribution in [0.25, 0.3) is 10.9 Å². The summed E-state index contributed by atoms with van der Waals surface area (Å²) < 4.78 is 1.50. The van der Waals surface area contributed by atoms with E-state index in [1.807, 2.05) is 6.07 Å². The molecular formula is C15H18ClN3O2. The van der Waals surface area contributed by atoms with Crippen LogP contribution in [0.15, 0.2) is 29.1 Å². The number of halogens is 1. The van der Waals surface area contributed by atoms with E-state index in [0.29, 0.717) is 16.7 Å². The molecule has 1 aromatic heterocycles. The van der Waals surface area contributed by atoms with Crippen molar-refractivity contribution in [1.82, 2.24) is 14.5 Å². The Morgan fingerprint density at radius 3 is 2.67 bits per heavy atom. The Hall–Kier alpha value is -1.88. The van der Waals surface area contributed by atoms with E-state index >= 15 is 0 Å². The number of carbonyl (C=O) groups is 1. The second-order valence-corrected chi connectivity index (χ2v) is 5.75. The van der Waals surface area contributed by atoms with E-state index in [4.69, 9.17) is 11.6 Å². The number of rotatable bonds is 4. The molecule has 1 unspecified atom stereocenters. The molecule has 1 atom stereocenters. The highest BCUT2D eigenvalue weighted by Crippen LogP contribution is 2.19. The third kappa shape index (κ3) is 3.24. The lowest BCUT2D eigenvalue weighted by Gasteiger charge is -2.16. The predicted molar refractivity (Wildman–Crippen MR) is 83.6 cm³/mol.